The lowest BCUT2D eigenvalue weighted by molar-refractivity contribution is -0.138. The summed E-state index contributed by atoms with van der Waals surface area (Å²) in [6, 6.07) is 8.46. The first-order valence-corrected chi connectivity index (χ1v) is 7.87. The minimum absolute atomic E-state index is 0.0895. The van der Waals surface area contributed by atoms with Crippen molar-refractivity contribution in [3.8, 4) is 0 Å². The fraction of sp³-hybridized carbons (Fsp3) is 0.389. The van der Waals surface area contributed by atoms with E-state index in [2.05, 4.69) is 4.74 Å². The monoisotopic (exact) mass is 385 g/mol. The van der Waals surface area contributed by atoms with Crippen LogP contribution in [0.15, 0.2) is 42.1 Å². The van der Waals surface area contributed by atoms with E-state index in [1.54, 1.807) is 30.3 Å². The Kier molecular flexibility index (Phi) is 7.89. The van der Waals surface area contributed by atoms with Gasteiger partial charge in [-0.15, -0.1) is 0 Å². The van der Waals surface area contributed by atoms with Crippen molar-refractivity contribution in [1.29, 1.82) is 0 Å². The average Bonchev–Trinajstić information content (AvgIpc) is 2.57. The van der Waals surface area contributed by atoms with Gasteiger partial charge in [0.15, 0.2) is 0 Å². The molecule has 7 nitrogen and oxygen atoms in total. The number of esters is 1. The average molecular weight is 385 g/mol. The van der Waals surface area contributed by atoms with Crippen molar-refractivity contribution < 1.29 is 37.4 Å². The molecule has 0 aliphatic heterocycles. The van der Waals surface area contributed by atoms with Gasteiger partial charge in [0.25, 0.3) is 6.43 Å². The topological polar surface area (TPSA) is 82.1 Å². The Labute approximate surface area is 155 Å². The van der Waals surface area contributed by atoms with Crippen molar-refractivity contribution in [3.63, 3.8) is 0 Å². The van der Waals surface area contributed by atoms with E-state index in [9.17, 15) is 23.2 Å². The summed E-state index contributed by atoms with van der Waals surface area (Å²) in [4.78, 5) is 36.7. The molecule has 0 N–H and O–H groups in total. The molecule has 0 heterocycles. The molecular weight excluding hydrogens is 364 g/mol. The molecule has 0 aliphatic carbocycles. The van der Waals surface area contributed by atoms with Crippen LogP contribution in [0, 0.1) is 0 Å². The maximum absolute atomic E-state index is 12.8. The molecule has 0 fully saturated rings. The molecule has 148 valence electrons. The second kappa shape index (κ2) is 9.65. The minimum atomic E-state index is -3.13. The van der Waals surface area contributed by atoms with Crippen LogP contribution >= 0.6 is 0 Å². The fourth-order valence-corrected chi connectivity index (χ4v) is 1.82. The molecule has 1 aromatic carbocycles. The van der Waals surface area contributed by atoms with Gasteiger partial charge in [-0.05, 0) is 26.3 Å². The lowest BCUT2D eigenvalue weighted by Crippen LogP contribution is -2.43. The smallest absolute Gasteiger partial charge is 0.424 e. The first-order chi connectivity index (χ1) is 12.5. The number of imide groups is 1. The summed E-state index contributed by atoms with van der Waals surface area (Å²) in [5, 5.41) is 0. The zero-order valence-corrected chi connectivity index (χ0v) is 15.4. The number of hydrogen-bond acceptors (Lipinski definition) is 6. The van der Waals surface area contributed by atoms with Crippen molar-refractivity contribution in [3.05, 3.63) is 47.7 Å². The van der Waals surface area contributed by atoms with Crippen molar-refractivity contribution in [1.82, 2.24) is 4.90 Å². The van der Waals surface area contributed by atoms with Crippen LogP contribution in [-0.4, -0.2) is 42.2 Å². The number of allylic oxidation sites excluding steroid dienone is 1. The summed E-state index contributed by atoms with van der Waals surface area (Å²) >= 11 is 0. The Balaban J connectivity index is 3.16. The Hall–Kier alpha value is -2.97. The molecule has 0 saturated carbocycles. The molecule has 27 heavy (non-hydrogen) atoms. The van der Waals surface area contributed by atoms with Gasteiger partial charge in [-0.25, -0.2) is 23.2 Å². The van der Waals surface area contributed by atoms with E-state index in [0.717, 1.165) is 7.11 Å². The zero-order valence-electron chi connectivity index (χ0n) is 15.4. The van der Waals surface area contributed by atoms with Crippen LogP contribution in [0.25, 0.3) is 0 Å². The van der Waals surface area contributed by atoms with E-state index >= 15 is 0 Å². The number of carbonyl (C=O) groups is 3. The SMILES string of the molecule is COC(=O)/C(=C\C(F)F)N(C(=O)OCc1ccccc1)C(=O)OC(C)(C)C. The number of amides is 2. The molecule has 9 heteroatoms. The quantitative estimate of drug-likeness (QED) is 0.435. The number of nitrogens with zero attached hydrogens (tertiary/aromatic N) is 1. The number of benzene rings is 1. The summed E-state index contributed by atoms with van der Waals surface area (Å²) < 4.78 is 40.1. The van der Waals surface area contributed by atoms with Crippen molar-refractivity contribution in [2.75, 3.05) is 7.11 Å². The molecule has 1 rings (SSSR count). The maximum Gasteiger partial charge on any atom is 0.424 e. The largest absolute Gasteiger partial charge is 0.464 e. The molecule has 0 saturated heterocycles. The zero-order chi connectivity index (χ0) is 20.6. The molecule has 0 atom stereocenters. The van der Waals surface area contributed by atoms with Crippen LogP contribution in [0.4, 0.5) is 18.4 Å². The van der Waals surface area contributed by atoms with Gasteiger partial charge in [0.1, 0.15) is 17.9 Å². The Bertz CT molecular complexity index is 698. The van der Waals surface area contributed by atoms with Crippen LogP contribution in [0.3, 0.4) is 0 Å². The third-order valence-electron chi connectivity index (χ3n) is 2.88. The van der Waals surface area contributed by atoms with Gasteiger partial charge < -0.3 is 14.2 Å². The standard InChI is InChI=1S/C18H21F2NO6/c1-18(2,3)27-17(24)21(13(10-14(19)20)15(22)25-4)16(23)26-11-12-8-6-5-7-9-12/h5-10,14H,11H2,1-4H3/b13-10+. The van der Waals surface area contributed by atoms with E-state index < -0.39 is 35.9 Å². The summed E-state index contributed by atoms with van der Waals surface area (Å²) in [5.74, 6) is -1.32. The van der Waals surface area contributed by atoms with Crippen LogP contribution in [0.5, 0.6) is 0 Å². The van der Waals surface area contributed by atoms with Gasteiger partial charge in [0.2, 0.25) is 0 Å². The van der Waals surface area contributed by atoms with E-state index in [-0.39, 0.29) is 17.6 Å². The molecule has 1 aromatic rings. The summed E-state index contributed by atoms with van der Waals surface area (Å²) in [6.45, 7) is 4.27. The van der Waals surface area contributed by atoms with Crippen LogP contribution < -0.4 is 0 Å². The van der Waals surface area contributed by atoms with Gasteiger partial charge in [0.05, 0.1) is 7.11 Å². The highest BCUT2D eigenvalue weighted by molar-refractivity contribution is 6.01. The summed E-state index contributed by atoms with van der Waals surface area (Å²) in [5.41, 5.74) is -1.46. The third kappa shape index (κ3) is 7.43. The number of halogens is 2. The lowest BCUT2D eigenvalue weighted by atomic mass is 10.2. The second-order valence-corrected chi connectivity index (χ2v) is 6.23. The number of ether oxygens (including phenoxy) is 3. The second-order valence-electron chi connectivity index (χ2n) is 6.23. The summed E-state index contributed by atoms with van der Waals surface area (Å²) in [7, 11) is 0.921. The van der Waals surface area contributed by atoms with Crippen molar-refractivity contribution in [2.45, 2.75) is 39.4 Å². The van der Waals surface area contributed by atoms with Gasteiger partial charge in [0, 0.05) is 6.08 Å². The highest BCUT2D eigenvalue weighted by Crippen LogP contribution is 2.18. The molecule has 2 amide bonds. The normalized spacial score (nSPS) is 11.7. The lowest BCUT2D eigenvalue weighted by Gasteiger charge is -2.26. The van der Waals surface area contributed by atoms with Crippen molar-refractivity contribution in [2.24, 2.45) is 0 Å². The number of rotatable bonds is 5. The predicted octanol–water partition coefficient (Wildman–Crippen LogP) is 3.88. The Morgan fingerprint density at radius 1 is 1.11 bits per heavy atom. The number of hydrogen-bond donors (Lipinski definition) is 0. The predicted molar refractivity (Wildman–Crippen MR) is 90.8 cm³/mol. The molecular formula is C18H21F2NO6. The van der Waals surface area contributed by atoms with Crippen LogP contribution in [-0.2, 0) is 25.6 Å². The molecule has 0 aromatic heterocycles. The van der Waals surface area contributed by atoms with Gasteiger partial charge in [-0.3, -0.25) is 0 Å². The maximum atomic E-state index is 12.8. The molecule has 0 aliphatic rings. The number of carbonyl (C=O) groups excluding carboxylic acids is 3. The van der Waals surface area contributed by atoms with Gasteiger partial charge in [-0.1, -0.05) is 30.3 Å². The van der Waals surface area contributed by atoms with Gasteiger partial charge in [-0.2, -0.15) is 4.90 Å². The van der Waals surface area contributed by atoms with E-state index in [1.165, 1.54) is 20.8 Å². The van der Waals surface area contributed by atoms with E-state index in [0.29, 0.717) is 5.56 Å². The van der Waals surface area contributed by atoms with E-state index in [4.69, 9.17) is 9.47 Å². The summed E-state index contributed by atoms with van der Waals surface area (Å²) in [6.07, 6.45) is -5.73. The van der Waals surface area contributed by atoms with E-state index in [1.807, 2.05) is 0 Å². The minimum Gasteiger partial charge on any atom is -0.464 e. The molecule has 0 radical (unpaired) electrons. The van der Waals surface area contributed by atoms with Crippen LogP contribution in [0.1, 0.15) is 26.3 Å². The number of methoxy groups -OCH3 is 1. The Morgan fingerprint density at radius 3 is 2.19 bits per heavy atom. The van der Waals surface area contributed by atoms with Crippen LogP contribution in [0.2, 0.25) is 0 Å². The number of alkyl halides is 2. The van der Waals surface area contributed by atoms with Gasteiger partial charge >= 0.3 is 18.2 Å². The fourth-order valence-electron chi connectivity index (χ4n) is 1.82. The highest BCUT2D eigenvalue weighted by Gasteiger charge is 2.36. The Morgan fingerprint density at radius 2 is 1.70 bits per heavy atom. The molecule has 0 spiro atoms. The molecule has 0 unspecified atom stereocenters. The van der Waals surface area contributed by atoms with Crippen molar-refractivity contribution >= 4 is 18.2 Å². The molecule has 0 bridgehead atoms. The first-order valence-electron chi connectivity index (χ1n) is 7.87. The first kappa shape index (κ1) is 22.1. The third-order valence-corrected chi connectivity index (χ3v) is 2.88. The highest BCUT2D eigenvalue weighted by atomic mass is 19.3.